The molecule has 1 aromatic rings. The van der Waals surface area contributed by atoms with Gasteiger partial charge in [-0.3, -0.25) is 4.79 Å². The highest BCUT2D eigenvalue weighted by atomic mass is 16.1. The summed E-state index contributed by atoms with van der Waals surface area (Å²) in [6, 6.07) is 0.105. The van der Waals surface area contributed by atoms with Gasteiger partial charge >= 0.3 is 0 Å². The molecular weight excluding hydrogens is 178 g/mol. The molecule has 0 aliphatic carbocycles. The van der Waals surface area contributed by atoms with Gasteiger partial charge in [0, 0.05) is 25.0 Å². The van der Waals surface area contributed by atoms with E-state index in [0.717, 1.165) is 6.54 Å². The molecule has 0 bridgehead atoms. The SMILES string of the molecule is CC=CC(=O)NC(C)Cn1ccnc1. The zero-order valence-electron chi connectivity index (χ0n) is 8.47. The molecule has 76 valence electrons. The summed E-state index contributed by atoms with van der Waals surface area (Å²) < 4.78 is 1.93. The number of allylic oxidation sites excluding steroid dienone is 1. The molecule has 0 saturated heterocycles. The number of imidazole rings is 1. The van der Waals surface area contributed by atoms with Gasteiger partial charge in [-0.15, -0.1) is 0 Å². The Bertz CT molecular complexity index is 303. The smallest absolute Gasteiger partial charge is 0.243 e. The number of rotatable bonds is 4. The van der Waals surface area contributed by atoms with Gasteiger partial charge in [0.1, 0.15) is 0 Å². The van der Waals surface area contributed by atoms with E-state index in [-0.39, 0.29) is 11.9 Å². The van der Waals surface area contributed by atoms with Gasteiger partial charge in [-0.2, -0.15) is 0 Å². The van der Waals surface area contributed by atoms with Crippen LogP contribution in [0.3, 0.4) is 0 Å². The average molecular weight is 193 g/mol. The number of nitrogens with zero attached hydrogens (tertiary/aromatic N) is 2. The monoisotopic (exact) mass is 193 g/mol. The van der Waals surface area contributed by atoms with Crippen LogP contribution >= 0.6 is 0 Å². The molecule has 0 aromatic carbocycles. The Balaban J connectivity index is 2.36. The van der Waals surface area contributed by atoms with E-state index in [4.69, 9.17) is 0 Å². The number of hydrogen-bond donors (Lipinski definition) is 1. The van der Waals surface area contributed by atoms with Crippen molar-refractivity contribution >= 4 is 5.91 Å². The number of carbonyl (C=O) groups excluding carboxylic acids is 1. The molecule has 0 fully saturated rings. The molecule has 0 aliphatic rings. The summed E-state index contributed by atoms with van der Waals surface area (Å²) in [5.41, 5.74) is 0. The highest BCUT2D eigenvalue weighted by Gasteiger charge is 2.04. The Kier molecular flexibility index (Phi) is 3.91. The summed E-state index contributed by atoms with van der Waals surface area (Å²) in [6.45, 7) is 4.52. The topological polar surface area (TPSA) is 46.9 Å². The Labute approximate surface area is 83.6 Å². The molecule has 14 heavy (non-hydrogen) atoms. The van der Waals surface area contributed by atoms with Crippen molar-refractivity contribution in [1.29, 1.82) is 0 Å². The molecule has 4 heteroatoms. The molecule has 1 aromatic heterocycles. The fraction of sp³-hybridized carbons (Fsp3) is 0.400. The molecule has 0 spiro atoms. The van der Waals surface area contributed by atoms with Crippen LogP contribution in [0.25, 0.3) is 0 Å². The first-order valence-corrected chi connectivity index (χ1v) is 4.61. The van der Waals surface area contributed by atoms with Crippen LogP contribution in [-0.4, -0.2) is 21.5 Å². The fourth-order valence-corrected chi connectivity index (χ4v) is 1.20. The predicted octanol–water partition coefficient (Wildman–Crippen LogP) is 0.964. The van der Waals surface area contributed by atoms with Gasteiger partial charge in [-0.1, -0.05) is 6.08 Å². The van der Waals surface area contributed by atoms with Gasteiger partial charge in [0.15, 0.2) is 0 Å². The molecule has 0 radical (unpaired) electrons. The molecule has 1 rings (SSSR count). The second kappa shape index (κ2) is 5.21. The molecule has 0 saturated carbocycles. The molecule has 1 heterocycles. The third-order valence-electron chi connectivity index (χ3n) is 1.75. The van der Waals surface area contributed by atoms with Gasteiger partial charge < -0.3 is 9.88 Å². The molecule has 1 unspecified atom stereocenters. The van der Waals surface area contributed by atoms with Gasteiger partial charge in [-0.25, -0.2) is 4.98 Å². The van der Waals surface area contributed by atoms with E-state index in [9.17, 15) is 4.79 Å². The summed E-state index contributed by atoms with van der Waals surface area (Å²) in [5, 5.41) is 2.84. The van der Waals surface area contributed by atoms with E-state index in [1.165, 1.54) is 6.08 Å². The Morgan fingerprint density at radius 3 is 3.07 bits per heavy atom. The molecule has 1 amide bonds. The van der Waals surface area contributed by atoms with Crippen molar-refractivity contribution < 1.29 is 4.79 Å². The summed E-state index contributed by atoms with van der Waals surface area (Å²) in [6.07, 6.45) is 8.57. The van der Waals surface area contributed by atoms with Crippen LogP contribution in [-0.2, 0) is 11.3 Å². The maximum absolute atomic E-state index is 11.2. The minimum absolute atomic E-state index is 0.0554. The third-order valence-corrected chi connectivity index (χ3v) is 1.75. The van der Waals surface area contributed by atoms with Gasteiger partial charge in [0.25, 0.3) is 0 Å². The maximum atomic E-state index is 11.2. The Hall–Kier alpha value is -1.58. The van der Waals surface area contributed by atoms with Crippen molar-refractivity contribution in [3.05, 3.63) is 30.9 Å². The highest BCUT2D eigenvalue weighted by molar-refractivity contribution is 5.87. The van der Waals surface area contributed by atoms with Crippen molar-refractivity contribution in [2.45, 2.75) is 26.4 Å². The number of amides is 1. The van der Waals surface area contributed by atoms with E-state index in [1.54, 1.807) is 18.6 Å². The van der Waals surface area contributed by atoms with Gasteiger partial charge in [0.05, 0.1) is 6.33 Å². The lowest BCUT2D eigenvalue weighted by Gasteiger charge is -2.12. The largest absolute Gasteiger partial charge is 0.348 e. The number of nitrogens with one attached hydrogen (secondary N) is 1. The molecule has 4 nitrogen and oxygen atoms in total. The second-order valence-corrected chi connectivity index (χ2v) is 3.17. The van der Waals surface area contributed by atoms with Crippen LogP contribution < -0.4 is 5.32 Å². The first kappa shape index (κ1) is 10.5. The zero-order chi connectivity index (χ0) is 10.4. The maximum Gasteiger partial charge on any atom is 0.243 e. The van der Waals surface area contributed by atoms with Crippen molar-refractivity contribution in [1.82, 2.24) is 14.9 Å². The summed E-state index contributed by atoms with van der Waals surface area (Å²) in [4.78, 5) is 15.1. The minimum Gasteiger partial charge on any atom is -0.348 e. The molecular formula is C10H15N3O. The zero-order valence-corrected chi connectivity index (χ0v) is 8.47. The van der Waals surface area contributed by atoms with Crippen molar-refractivity contribution in [2.24, 2.45) is 0 Å². The van der Waals surface area contributed by atoms with E-state index in [0.29, 0.717) is 0 Å². The van der Waals surface area contributed by atoms with Crippen molar-refractivity contribution in [3.63, 3.8) is 0 Å². The number of hydrogen-bond acceptors (Lipinski definition) is 2. The van der Waals surface area contributed by atoms with Crippen molar-refractivity contribution in [3.8, 4) is 0 Å². The van der Waals surface area contributed by atoms with Crippen LogP contribution in [0, 0.1) is 0 Å². The highest BCUT2D eigenvalue weighted by Crippen LogP contribution is 1.91. The van der Waals surface area contributed by atoms with Crippen LogP contribution in [0.2, 0.25) is 0 Å². The van der Waals surface area contributed by atoms with Crippen molar-refractivity contribution in [2.75, 3.05) is 0 Å². The van der Waals surface area contributed by atoms with E-state index in [1.807, 2.05) is 24.6 Å². The molecule has 0 aliphatic heterocycles. The number of aromatic nitrogens is 2. The lowest BCUT2D eigenvalue weighted by molar-refractivity contribution is -0.117. The summed E-state index contributed by atoms with van der Waals surface area (Å²) >= 11 is 0. The van der Waals surface area contributed by atoms with Crippen LogP contribution in [0.1, 0.15) is 13.8 Å². The van der Waals surface area contributed by atoms with E-state index >= 15 is 0 Å². The predicted molar refractivity (Wildman–Crippen MR) is 54.6 cm³/mol. The minimum atomic E-state index is -0.0554. The third kappa shape index (κ3) is 3.43. The van der Waals surface area contributed by atoms with E-state index < -0.39 is 0 Å². The number of carbonyl (C=O) groups is 1. The van der Waals surface area contributed by atoms with Crippen LogP contribution in [0.15, 0.2) is 30.9 Å². The van der Waals surface area contributed by atoms with Crippen LogP contribution in [0.4, 0.5) is 0 Å². The molecule has 1 N–H and O–H groups in total. The van der Waals surface area contributed by atoms with Crippen LogP contribution in [0.5, 0.6) is 0 Å². The normalized spacial score (nSPS) is 13.0. The first-order chi connectivity index (χ1) is 6.72. The Morgan fingerprint density at radius 1 is 1.71 bits per heavy atom. The van der Waals surface area contributed by atoms with E-state index in [2.05, 4.69) is 10.3 Å². The summed E-state index contributed by atoms with van der Waals surface area (Å²) in [5.74, 6) is -0.0554. The summed E-state index contributed by atoms with van der Waals surface area (Å²) in [7, 11) is 0. The first-order valence-electron chi connectivity index (χ1n) is 4.61. The lowest BCUT2D eigenvalue weighted by Crippen LogP contribution is -2.34. The Morgan fingerprint density at radius 2 is 2.50 bits per heavy atom. The average Bonchev–Trinajstić information content (AvgIpc) is 2.56. The second-order valence-electron chi connectivity index (χ2n) is 3.17. The lowest BCUT2D eigenvalue weighted by atomic mass is 10.3. The molecule has 1 atom stereocenters. The standard InChI is InChI=1S/C10H15N3O/c1-3-4-10(14)12-9(2)7-13-6-5-11-8-13/h3-6,8-9H,7H2,1-2H3,(H,12,14). The van der Waals surface area contributed by atoms with Gasteiger partial charge in [0.2, 0.25) is 5.91 Å². The van der Waals surface area contributed by atoms with Gasteiger partial charge in [-0.05, 0) is 19.9 Å². The quantitative estimate of drug-likeness (QED) is 0.724. The fourth-order valence-electron chi connectivity index (χ4n) is 1.20.